The first-order valence-electron chi connectivity index (χ1n) is 9.71. The van der Waals surface area contributed by atoms with Gasteiger partial charge in [0.1, 0.15) is 5.82 Å². The molecule has 0 atom stereocenters. The average molecular weight is 403 g/mol. The lowest BCUT2D eigenvalue weighted by atomic mass is 10.1. The summed E-state index contributed by atoms with van der Waals surface area (Å²) >= 11 is 6.30. The van der Waals surface area contributed by atoms with Crippen molar-refractivity contribution >= 4 is 29.1 Å². The van der Waals surface area contributed by atoms with Crippen LogP contribution in [-0.4, -0.2) is 42.0 Å². The fraction of sp³-hybridized carbons (Fsp3) is 0.429. The van der Waals surface area contributed by atoms with Gasteiger partial charge in [0.05, 0.1) is 12.8 Å². The van der Waals surface area contributed by atoms with Crippen LogP contribution in [0.4, 0.5) is 11.5 Å². The Morgan fingerprint density at radius 2 is 2.18 bits per heavy atom. The summed E-state index contributed by atoms with van der Waals surface area (Å²) in [6.07, 6.45) is 8.13. The van der Waals surface area contributed by atoms with E-state index in [-0.39, 0.29) is 5.97 Å². The van der Waals surface area contributed by atoms with Crippen molar-refractivity contribution in [1.29, 1.82) is 0 Å². The fourth-order valence-corrected chi connectivity index (χ4v) is 3.67. The number of carbonyl (C=O) groups is 1. The number of benzene rings is 1. The molecule has 1 aliphatic rings. The summed E-state index contributed by atoms with van der Waals surface area (Å²) in [5, 5.41) is 8.54. The zero-order valence-corrected chi connectivity index (χ0v) is 17.2. The van der Waals surface area contributed by atoms with Gasteiger partial charge in [-0.15, -0.1) is 0 Å². The molecule has 0 aliphatic carbocycles. The molecule has 0 spiro atoms. The summed E-state index contributed by atoms with van der Waals surface area (Å²) in [5.74, 6) is 0.842. The van der Waals surface area contributed by atoms with Crippen LogP contribution in [0.25, 0.3) is 0 Å². The number of fused-ring (bicyclic) bond motifs is 2. The van der Waals surface area contributed by atoms with Crippen LogP contribution in [0.5, 0.6) is 0 Å². The zero-order chi connectivity index (χ0) is 19.9. The van der Waals surface area contributed by atoms with Crippen molar-refractivity contribution in [3.63, 3.8) is 0 Å². The number of halogens is 1. The molecule has 1 aromatic carbocycles. The second-order valence-corrected chi connectivity index (χ2v) is 7.19. The highest BCUT2D eigenvalue weighted by atomic mass is 35.5. The molecule has 3 rings (SSSR count). The van der Waals surface area contributed by atoms with Gasteiger partial charge in [-0.1, -0.05) is 23.7 Å². The van der Waals surface area contributed by atoms with Crippen LogP contribution in [-0.2, 0) is 29.4 Å². The first-order valence-corrected chi connectivity index (χ1v) is 10.1. The lowest BCUT2D eigenvalue weighted by Crippen LogP contribution is -2.26. The highest BCUT2D eigenvalue weighted by Crippen LogP contribution is 2.37. The summed E-state index contributed by atoms with van der Waals surface area (Å²) < 4.78 is 6.81. The van der Waals surface area contributed by atoms with E-state index in [1.165, 1.54) is 17.2 Å². The Kier molecular flexibility index (Phi) is 7.12. The minimum Gasteiger partial charge on any atom is -0.463 e. The van der Waals surface area contributed by atoms with Crippen LogP contribution in [0, 0.1) is 0 Å². The van der Waals surface area contributed by atoms with Crippen molar-refractivity contribution in [3.8, 4) is 0 Å². The van der Waals surface area contributed by atoms with Crippen molar-refractivity contribution in [1.82, 2.24) is 15.1 Å². The maximum Gasteiger partial charge on any atom is 0.330 e. The van der Waals surface area contributed by atoms with E-state index in [0.29, 0.717) is 13.2 Å². The Hall–Kier alpha value is -2.31. The van der Waals surface area contributed by atoms with Gasteiger partial charge in [0.15, 0.2) is 0 Å². The molecule has 0 saturated heterocycles. The second-order valence-electron chi connectivity index (χ2n) is 6.75. The Bertz CT molecular complexity index is 847. The number of anilines is 2. The molecule has 28 heavy (non-hydrogen) atoms. The van der Waals surface area contributed by atoms with Crippen LogP contribution in [0.15, 0.2) is 36.5 Å². The predicted octanol–water partition coefficient (Wildman–Crippen LogP) is 3.41. The minimum absolute atomic E-state index is 0.300. The van der Waals surface area contributed by atoms with Crippen LogP contribution in [0.3, 0.4) is 0 Å². The molecule has 7 heteroatoms. The summed E-state index contributed by atoms with van der Waals surface area (Å²) in [6.45, 7) is 4.53. The predicted molar refractivity (Wildman–Crippen MR) is 112 cm³/mol. The van der Waals surface area contributed by atoms with E-state index in [4.69, 9.17) is 16.3 Å². The zero-order valence-electron chi connectivity index (χ0n) is 16.4. The van der Waals surface area contributed by atoms with Crippen LogP contribution >= 0.6 is 11.6 Å². The molecule has 0 radical (unpaired) electrons. The third kappa shape index (κ3) is 4.94. The standard InChI is InChI=1S/C21H27ClN4O2/c1-3-28-20(27)6-4-11-23-12-5-13-26-19-14-18(22)10-9-16(19)7-8-17-15-24-25(2)21(17)26/h4,6,9-10,14-15,23H,3,5,7-8,11-13H2,1-2H3/b6-4+. The number of nitrogens with one attached hydrogen (secondary N) is 1. The minimum atomic E-state index is -0.300. The SMILES string of the molecule is CCOC(=O)/C=C/CNCCCN1c2cc(Cl)ccc2CCc2cnn(C)c21. The molecule has 6 nitrogen and oxygen atoms in total. The Balaban J connectivity index is 1.62. The molecule has 2 heterocycles. The number of esters is 1. The van der Waals surface area contributed by atoms with Crippen molar-refractivity contribution < 1.29 is 9.53 Å². The number of hydrogen-bond acceptors (Lipinski definition) is 5. The van der Waals surface area contributed by atoms with Crippen LogP contribution in [0.1, 0.15) is 24.5 Å². The Morgan fingerprint density at radius 3 is 3.00 bits per heavy atom. The van der Waals surface area contributed by atoms with E-state index < -0.39 is 0 Å². The molecule has 1 aromatic heterocycles. The highest BCUT2D eigenvalue weighted by Gasteiger charge is 2.23. The van der Waals surface area contributed by atoms with E-state index in [0.717, 1.165) is 48.9 Å². The third-order valence-corrected chi connectivity index (χ3v) is 5.01. The van der Waals surface area contributed by atoms with Crippen LogP contribution < -0.4 is 10.2 Å². The fourth-order valence-electron chi connectivity index (χ4n) is 3.50. The topological polar surface area (TPSA) is 59.4 Å². The maximum atomic E-state index is 11.3. The smallest absolute Gasteiger partial charge is 0.330 e. The molecule has 0 saturated carbocycles. The molecule has 2 aromatic rings. The molecular weight excluding hydrogens is 376 g/mol. The summed E-state index contributed by atoms with van der Waals surface area (Å²) in [5.41, 5.74) is 3.74. The number of ether oxygens (including phenoxy) is 1. The molecule has 0 amide bonds. The molecule has 1 N–H and O–H groups in total. The van der Waals surface area contributed by atoms with E-state index in [1.54, 1.807) is 13.0 Å². The summed E-state index contributed by atoms with van der Waals surface area (Å²) in [7, 11) is 1.99. The van der Waals surface area contributed by atoms with Gasteiger partial charge >= 0.3 is 5.97 Å². The first-order chi connectivity index (χ1) is 13.6. The van der Waals surface area contributed by atoms with Crippen molar-refractivity contribution in [3.05, 3.63) is 52.7 Å². The van der Waals surface area contributed by atoms with Gasteiger partial charge in [-0.3, -0.25) is 4.68 Å². The lowest BCUT2D eigenvalue weighted by molar-refractivity contribution is -0.137. The number of hydrogen-bond donors (Lipinski definition) is 1. The van der Waals surface area contributed by atoms with Gasteiger partial charge in [-0.05, 0) is 50.4 Å². The number of rotatable bonds is 8. The highest BCUT2D eigenvalue weighted by molar-refractivity contribution is 6.30. The maximum absolute atomic E-state index is 11.3. The van der Waals surface area contributed by atoms with E-state index >= 15 is 0 Å². The van der Waals surface area contributed by atoms with Gasteiger partial charge in [0, 0.05) is 42.5 Å². The normalized spacial score (nSPS) is 13.3. The van der Waals surface area contributed by atoms with Crippen molar-refractivity contribution in [2.24, 2.45) is 7.05 Å². The van der Waals surface area contributed by atoms with Gasteiger partial charge in [0.25, 0.3) is 0 Å². The van der Waals surface area contributed by atoms with E-state index in [9.17, 15) is 4.79 Å². The largest absolute Gasteiger partial charge is 0.463 e. The number of carbonyl (C=O) groups excluding carboxylic acids is 1. The number of nitrogens with zero attached hydrogens (tertiary/aromatic N) is 3. The third-order valence-electron chi connectivity index (χ3n) is 4.78. The number of aromatic nitrogens is 2. The van der Waals surface area contributed by atoms with E-state index in [1.807, 2.05) is 24.0 Å². The Labute approximate surface area is 171 Å². The first kappa shape index (κ1) is 20.4. The number of aryl methyl sites for hydroxylation is 3. The molecule has 0 fully saturated rings. The molecule has 150 valence electrons. The lowest BCUT2D eigenvalue weighted by Gasteiger charge is -2.26. The monoisotopic (exact) mass is 402 g/mol. The van der Waals surface area contributed by atoms with Crippen LogP contribution in [0.2, 0.25) is 5.02 Å². The molecule has 0 bridgehead atoms. The quantitative estimate of drug-likeness (QED) is 0.416. The average Bonchev–Trinajstić information content (AvgIpc) is 2.96. The van der Waals surface area contributed by atoms with Crippen molar-refractivity contribution in [2.75, 3.05) is 31.1 Å². The van der Waals surface area contributed by atoms with Gasteiger partial charge in [0.2, 0.25) is 0 Å². The molecule has 0 unspecified atom stereocenters. The van der Waals surface area contributed by atoms with Gasteiger partial charge in [-0.25, -0.2) is 4.79 Å². The second kappa shape index (κ2) is 9.75. The van der Waals surface area contributed by atoms with Gasteiger partial charge < -0.3 is 15.0 Å². The van der Waals surface area contributed by atoms with E-state index in [2.05, 4.69) is 27.4 Å². The molecule has 1 aliphatic heterocycles. The molecular formula is C21H27ClN4O2. The Morgan fingerprint density at radius 1 is 1.36 bits per heavy atom. The van der Waals surface area contributed by atoms with Crippen molar-refractivity contribution in [2.45, 2.75) is 26.2 Å². The van der Waals surface area contributed by atoms with Gasteiger partial charge in [-0.2, -0.15) is 5.10 Å². The summed E-state index contributed by atoms with van der Waals surface area (Å²) in [6, 6.07) is 6.14. The summed E-state index contributed by atoms with van der Waals surface area (Å²) in [4.78, 5) is 13.6.